The first-order valence-corrected chi connectivity index (χ1v) is 10.7. The van der Waals surface area contributed by atoms with Crippen LogP contribution in [0.2, 0.25) is 0 Å². The fraction of sp³-hybridized carbons (Fsp3) is 0.455. The van der Waals surface area contributed by atoms with Crippen molar-refractivity contribution in [3.8, 4) is 11.8 Å². The average Bonchev–Trinajstić information content (AvgIpc) is 3.35. The molecular formula is C22H26N6O4. The summed E-state index contributed by atoms with van der Waals surface area (Å²) in [5, 5.41) is 18.4. The van der Waals surface area contributed by atoms with Crippen molar-refractivity contribution in [2.45, 2.75) is 31.3 Å². The molecule has 32 heavy (non-hydrogen) atoms. The number of amides is 4. The van der Waals surface area contributed by atoms with Gasteiger partial charge in [0.2, 0.25) is 5.91 Å². The quantitative estimate of drug-likeness (QED) is 0.464. The molecule has 2 aromatic rings. The van der Waals surface area contributed by atoms with Crippen molar-refractivity contribution < 1.29 is 19.1 Å². The number of carbonyl (C=O) groups excluding carboxylic acids is 3. The lowest BCUT2D eigenvalue weighted by atomic mass is 10.1. The van der Waals surface area contributed by atoms with Crippen molar-refractivity contribution >= 4 is 28.7 Å². The smallest absolute Gasteiger partial charge is 0.317 e. The molecule has 1 saturated carbocycles. The molecule has 0 bridgehead atoms. The van der Waals surface area contributed by atoms with Crippen molar-refractivity contribution in [1.82, 2.24) is 25.8 Å². The van der Waals surface area contributed by atoms with Gasteiger partial charge in [0.25, 0.3) is 5.91 Å². The van der Waals surface area contributed by atoms with Crippen LogP contribution in [0.3, 0.4) is 0 Å². The Balaban J connectivity index is 1.44. The molecule has 168 valence electrons. The van der Waals surface area contributed by atoms with E-state index in [1.54, 1.807) is 13.2 Å². The van der Waals surface area contributed by atoms with Crippen molar-refractivity contribution in [3.63, 3.8) is 0 Å². The molecule has 4 amide bonds. The molecular weight excluding hydrogens is 412 g/mol. The first kappa shape index (κ1) is 21.5. The van der Waals surface area contributed by atoms with Crippen LogP contribution < -0.4 is 20.7 Å². The Morgan fingerprint density at radius 2 is 2.16 bits per heavy atom. The fourth-order valence-corrected chi connectivity index (χ4v) is 3.88. The molecule has 1 aliphatic heterocycles. The summed E-state index contributed by atoms with van der Waals surface area (Å²) in [6.45, 7) is 1.10. The minimum Gasteiger partial charge on any atom is -0.496 e. The Labute approximate surface area is 185 Å². The lowest BCUT2D eigenvalue weighted by Gasteiger charge is -2.22. The van der Waals surface area contributed by atoms with Crippen molar-refractivity contribution in [2.75, 3.05) is 26.7 Å². The van der Waals surface area contributed by atoms with Gasteiger partial charge in [-0.25, -0.2) is 4.79 Å². The number of nitriles is 1. The Hall–Kier alpha value is -3.74. The number of aromatic nitrogens is 1. The van der Waals surface area contributed by atoms with Gasteiger partial charge in [0.1, 0.15) is 23.5 Å². The van der Waals surface area contributed by atoms with Crippen LogP contribution in [0.4, 0.5) is 4.79 Å². The number of nitrogens with zero attached hydrogens (tertiary/aromatic N) is 2. The predicted octanol–water partition coefficient (Wildman–Crippen LogP) is 1.11. The molecule has 0 radical (unpaired) electrons. The third-order valence-corrected chi connectivity index (χ3v) is 5.80. The van der Waals surface area contributed by atoms with Gasteiger partial charge in [0, 0.05) is 24.0 Å². The second-order valence-electron chi connectivity index (χ2n) is 8.18. The summed E-state index contributed by atoms with van der Waals surface area (Å²) >= 11 is 0. The van der Waals surface area contributed by atoms with Crippen LogP contribution in [-0.2, 0) is 4.79 Å². The van der Waals surface area contributed by atoms with E-state index in [0.717, 1.165) is 23.7 Å². The number of urea groups is 1. The lowest BCUT2D eigenvalue weighted by molar-refractivity contribution is -0.123. The summed E-state index contributed by atoms with van der Waals surface area (Å²) in [5.74, 6) is 0.188. The zero-order chi connectivity index (χ0) is 22.7. The number of H-pyrrole nitrogens is 1. The van der Waals surface area contributed by atoms with Gasteiger partial charge in [-0.1, -0.05) is 18.9 Å². The summed E-state index contributed by atoms with van der Waals surface area (Å²) in [7, 11) is 1.56. The third-order valence-electron chi connectivity index (χ3n) is 5.80. The molecule has 10 heteroatoms. The molecule has 2 aliphatic rings. The van der Waals surface area contributed by atoms with E-state index in [-0.39, 0.29) is 12.6 Å². The van der Waals surface area contributed by atoms with E-state index in [2.05, 4.69) is 20.9 Å². The molecule has 2 heterocycles. The molecule has 2 atom stereocenters. The lowest BCUT2D eigenvalue weighted by Crippen LogP contribution is -2.52. The zero-order valence-corrected chi connectivity index (χ0v) is 17.8. The Morgan fingerprint density at radius 3 is 2.81 bits per heavy atom. The minimum atomic E-state index is -0.859. The molecule has 1 unspecified atom stereocenters. The largest absolute Gasteiger partial charge is 0.496 e. The van der Waals surface area contributed by atoms with Crippen LogP contribution in [0.15, 0.2) is 24.3 Å². The highest BCUT2D eigenvalue weighted by atomic mass is 16.5. The van der Waals surface area contributed by atoms with E-state index in [0.29, 0.717) is 36.9 Å². The van der Waals surface area contributed by atoms with Crippen molar-refractivity contribution in [1.29, 1.82) is 5.26 Å². The van der Waals surface area contributed by atoms with Gasteiger partial charge >= 0.3 is 6.03 Å². The predicted molar refractivity (Wildman–Crippen MR) is 116 cm³/mol. The van der Waals surface area contributed by atoms with Gasteiger partial charge in [0.15, 0.2) is 0 Å². The van der Waals surface area contributed by atoms with E-state index in [1.807, 2.05) is 24.3 Å². The van der Waals surface area contributed by atoms with Gasteiger partial charge in [-0.15, -0.1) is 0 Å². The molecule has 2 fully saturated rings. The maximum Gasteiger partial charge on any atom is 0.317 e. The van der Waals surface area contributed by atoms with Gasteiger partial charge in [-0.3, -0.25) is 9.59 Å². The van der Waals surface area contributed by atoms with Gasteiger partial charge in [0.05, 0.1) is 19.7 Å². The molecule has 4 N–H and O–H groups in total. The molecule has 10 nitrogen and oxygen atoms in total. The number of ether oxygens (including phenoxy) is 1. The van der Waals surface area contributed by atoms with E-state index in [4.69, 9.17) is 4.74 Å². The van der Waals surface area contributed by atoms with Gasteiger partial charge < -0.3 is 30.6 Å². The van der Waals surface area contributed by atoms with Crippen LogP contribution in [0.1, 0.15) is 29.8 Å². The number of carbonyl (C=O) groups is 3. The third kappa shape index (κ3) is 4.77. The summed E-state index contributed by atoms with van der Waals surface area (Å²) in [6.07, 6.45) is 2.53. The maximum atomic E-state index is 12.9. The number of hydrogen-bond acceptors (Lipinski definition) is 5. The highest BCUT2D eigenvalue weighted by molar-refractivity contribution is 6.01. The molecule has 1 aromatic heterocycles. The Kier molecular flexibility index (Phi) is 6.16. The number of methoxy groups -OCH3 is 1. The fourth-order valence-electron chi connectivity index (χ4n) is 3.88. The highest BCUT2D eigenvalue weighted by Crippen LogP contribution is 2.33. The van der Waals surface area contributed by atoms with E-state index in [9.17, 15) is 19.6 Å². The van der Waals surface area contributed by atoms with E-state index in [1.165, 1.54) is 4.90 Å². The highest BCUT2D eigenvalue weighted by Gasteiger charge is 2.32. The zero-order valence-electron chi connectivity index (χ0n) is 17.8. The number of fused-ring (bicyclic) bond motifs is 1. The number of benzene rings is 1. The van der Waals surface area contributed by atoms with Crippen LogP contribution >= 0.6 is 0 Å². The molecule has 1 aliphatic carbocycles. The Morgan fingerprint density at radius 1 is 1.34 bits per heavy atom. The van der Waals surface area contributed by atoms with Crippen LogP contribution in [-0.4, -0.2) is 66.6 Å². The number of rotatable bonds is 9. The van der Waals surface area contributed by atoms with Crippen LogP contribution in [0.5, 0.6) is 5.75 Å². The molecule has 1 saturated heterocycles. The maximum absolute atomic E-state index is 12.9. The summed E-state index contributed by atoms with van der Waals surface area (Å²) in [4.78, 5) is 42.2. The van der Waals surface area contributed by atoms with Crippen molar-refractivity contribution in [3.05, 3.63) is 30.0 Å². The summed E-state index contributed by atoms with van der Waals surface area (Å²) < 4.78 is 5.34. The summed E-state index contributed by atoms with van der Waals surface area (Å²) in [6, 6.07) is 7.32. The molecule has 0 spiro atoms. The molecule has 1 aromatic carbocycles. The monoisotopic (exact) mass is 438 g/mol. The minimum absolute atomic E-state index is 0.0972. The number of aromatic amines is 1. The van der Waals surface area contributed by atoms with Crippen molar-refractivity contribution in [2.24, 2.45) is 5.92 Å². The normalized spacial score (nSPS) is 17.4. The SMILES string of the molecule is COc1cccc2[nH]c(C(=O)N[C@@H](CC3CC3)C(=O)NC(C#N)CN3CCNC3=O)cc12. The number of hydrogen-bond donors (Lipinski definition) is 4. The van der Waals surface area contributed by atoms with Crippen LogP contribution in [0.25, 0.3) is 10.9 Å². The second kappa shape index (κ2) is 9.18. The second-order valence-corrected chi connectivity index (χ2v) is 8.18. The van der Waals surface area contributed by atoms with Gasteiger partial charge in [-0.2, -0.15) is 5.26 Å². The molecule has 4 rings (SSSR count). The number of nitrogens with one attached hydrogen (secondary N) is 4. The summed E-state index contributed by atoms with van der Waals surface area (Å²) in [5.41, 5.74) is 1.08. The first-order valence-electron chi connectivity index (χ1n) is 10.7. The van der Waals surface area contributed by atoms with E-state index < -0.39 is 23.9 Å². The van der Waals surface area contributed by atoms with E-state index >= 15 is 0 Å². The first-order chi connectivity index (χ1) is 15.5. The average molecular weight is 438 g/mol. The standard InChI is InChI=1S/C22H26N6O4/c1-32-19-4-2-3-16-15(19)10-18(26-16)21(30)27-17(9-13-5-6-13)20(29)25-14(11-23)12-28-8-7-24-22(28)31/h2-4,10,13-14,17,26H,5-9,12H2,1H3,(H,24,31)(H,25,29)(H,27,30)/t14?,17-/m0/s1. The Bertz CT molecular complexity index is 1070. The van der Waals surface area contributed by atoms with Crippen LogP contribution in [0, 0.1) is 17.2 Å². The van der Waals surface area contributed by atoms with Gasteiger partial charge in [-0.05, 0) is 30.5 Å². The topological polar surface area (TPSA) is 139 Å².